The van der Waals surface area contributed by atoms with Gasteiger partial charge in [-0.2, -0.15) is 20.3 Å². The van der Waals surface area contributed by atoms with Gasteiger partial charge in [-0.25, -0.2) is 15.0 Å². The van der Waals surface area contributed by atoms with Crippen LogP contribution in [-0.2, 0) is 29.7 Å². The highest BCUT2D eigenvalue weighted by Crippen LogP contribution is 2.32. The molecule has 0 bridgehead atoms. The number of thiazole rings is 2. The van der Waals surface area contributed by atoms with Crippen molar-refractivity contribution in [2.24, 2.45) is 17.3 Å². The Morgan fingerprint density at radius 2 is 1.57 bits per heavy atom. The van der Waals surface area contributed by atoms with E-state index in [9.17, 15) is 24.3 Å². The highest BCUT2D eigenvalue weighted by molar-refractivity contribution is 7.14. The molecule has 19 heteroatoms. The van der Waals surface area contributed by atoms with Crippen molar-refractivity contribution >= 4 is 73.1 Å². The third-order valence-electron chi connectivity index (χ3n) is 12.5. The summed E-state index contributed by atoms with van der Waals surface area (Å²) in [7, 11) is 1.76. The zero-order chi connectivity index (χ0) is 48.4. The fourth-order valence-corrected chi connectivity index (χ4v) is 9.87. The molecule has 352 valence electrons. The molecule has 4 aromatic carbocycles. The molecule has 4 aromatic heterocycles. The Kier molecular flexibility index (Phi) is 12.8. The van der Waals surface area contributed by atoms with E-state index in [4.69, 9.17) is 4.98 Å². The number of hydrogen-bond acceptors (Lipinski definition) is 14. The number of carbonyl (C=O) groups is 3. The summed E-state index contributed by atoms with van der Waals surface area (Å²) in [4.78, 5) is 69.2. The summed E-state index contributed by atoms with van der Waals surface area (Å²) in [5, 5.41) is 33.9. The second kappa shape index (κ2) is 19.5. The van der Waals surface area contributed by atoms with E-state index in [1.165, 1.54) is 38.6 Å². The van der Waals surface area contributed by atoms with Crippen LogP contribution in [0.1, 0.15) is 59.2 Å². The molecule has 1 atom stereocenters. The maximum Gasteiger partial charge on any atom is 0.303 e. The van der Waals surface area contributed by atoms with Gasteiger partial charge in [-0.1, -0.05) is 104 Å². The van der Waals surface area contributed by atoms with Gasteiger partial charge in [-0.05, 0) is 42.0 Å². The van der Waals surface area contributed by atoms with Crippen molar-refractivity contribution in [3.8, 4) is 22.5 Å². The van der Waals surface area contributed by atoms with Gasteiger partial charge in [0.1, 0.15) is 11.2 Å². The van der Waals surface area contributed by atoms with Gasteiger partial charge in [0.2, 0.25) is 16.2 Å². The number of anilines is 2. The quantitative estimate of drug-likeness (QED) is 0.0946. The number of aryl methyl sites for hydroxylation is 1. The van der Waals surface area contributed by atoms with E-state index in [-0.39, 0.29) is 47.6 Å². The number of piperidine rings is 1. The lowest BCUT2D eigenvalue weighted by atomic mass is 9.90. The van der Waals surface area contributed by atoms with E-state index in [0.717, 1.165) is 27.8 Å². The first-order chi connectivity index (χ1) is 34.0. The van der Waals surface area contributed by atoms with Crippen molar-refractivity contribution in [1.29, 1.82) is 0 Å². The normalized spacial score (nSPS) is 15.6. The minimum absolute atomic E-state index is 0.0419. The first-order valence-corrected chi connectivity index (χ1v) is 24.4. The van der Waals surface area contributed by atoms with Crippen LogP contribution in [0.3, 0.4) is 0 Å². The standard InChI is InChI=1S/C51H46N12O5S2/c1-32(34-9-5-3-6-10-34)27-40(64)61-24-21-51(68,22-25-61)30-62-31-54-42-44(47(62)66)58-60(2)45(42)37-15-13-33(14-16-37)28-53-46(65)38-19-17-35(18-20-38)39-29-70-50(55-39)63-48(67)43(56-57-49-52-23-26-69-49)41(59-63)36-11-7-4-8-12-36/h3-20,23,26,29,31-32,68H,21-22,24-25,27-28,30H2,1-2H3,(H,52,57)(H,53,65)/b56-43+/t32-/m1/s1. The Morgan fingerprint density at radius 1 is 0.857 bits per heavy atom. The van der Waals surface area contributed by atoms with Crippen LogP contribution in [0.25, 0.3) is 33.5 Å². The molecule has 2 aliphatic rings. The summed E-state index contributed by atoms with van der Waals surface area (Å²) < 4.78 is 3.04. The molecule has 0 spiro atoms. The van der Waals surface area contributed by atoms with Crippen molar-refractivity contribution in [2.75, 3.05) is 23.5 Å². The fraction of sp³-hybridized carbons (Fsp3) is 0.216. The number of aromatic nitrogens is 6. The average molecular weight is 971 g/mol. The van der Waals surface area contributed by atoms with Crippen LogP contribution in [-0.4, -0.2) is 87.1 Å². The largest absolute Gasteiger partial charge is 0.388 e. The van der Waals surface area contributed by atoms with Crippen LogP contribution in [0.2, 0.25) is 0 Å². The molecule has 0 aliphatic carbocycles. The van der Waals surface area contributed by atoms with Crippen molar-refractivity contribution in [3.63, 3.8) is 0 Å². The molecule has 3 amide bonds. The van der Waals surface area contributed by atoms with Crippen molar-refractivity contribution in [1.82, 2.24) is 39.5 Å². The van der Waals surface area contributed by atoms with Crippen LogP contribution in [0.5, 0.6) is 0 Å². The van der Waals surface area contributed by atoms with Crippen LogP contribution >= 0.6 is 22.7 Å². The van der Waals surface area contributed by atoms with Crippen LogP contribution < -0.4 is 21.3 Å². The van der Waals surface area contributed by atoms with Crippen LogP contribution in [0.15, 0.2) is 147 Å². The van der Waals surface area contributed by atoms with Gasteiger partial charge < -0.3 is 15.3 Å². The van der Waals surface area contributed by atoms with Crippen molar-refractivity contribution < 1.29 is 19.5 Å². The Morgan fingerprint density at radius 3 is 2.29 bits per heavy atom. The molecule has 17 nitrogen and oxygen atoms in total. The van der Waals surface area contributed by atoms with Crippen molar-refractivity contribution in [3.05, 3.63) is 165 Å². The summed E-state index contributed by atoms with van der Waals surface area (Å²) in [5.41, 5.74) is 8.51. The molecule has 70 heavy (non-hydrogen) atoms. The SMILES string of the molecule is C[C@H](CC(=O)N1CCC(O)(Cn2cnc3c(-c4ccc(CNC(=O)c5ccc(-c6csc(N7N=C(c8ccccc8)/C(=N\Nc8nccs8)C7=O)n6)cc5)cc4)n(C)nc3c2=O)CC1)c1ccccc1. The van der Waals surface area contributed by atoms with Gasteiger partial charge >= 0.3 is 5.91 Å². The summed E-state index contributed by atoms with van der Waals surface area (Å²) in [6.07, 6.45) is 4.18. The zero-order valence-electron chi connectivity index (χ0n) is 38.1. The molecule has 1 saturated heterocycles. The summed E-state index contributed by atoms with van der Waals surface area (Å²) >= 11 is 2.63. The van der Waals surface area contributed by atoms with E-state index in [1.807, 2.05) is 115 Å². The Hall–Kier alpha value is -8.00. The Labute approximate surface area is 409 Å². The number of aliphatic hydroxyl groups is 1. The molecule has 0 unspecified atom stereocenters. The van der Waals surface area contributed by atoms with Gasteiger partial charge in [-0.3, -0.25) is 33.9 Å². The molecule has 1 fully saturated rings. The first kappa shape index (κ1) is 45.8. The number of benzene rings is 4. The predicted octanol–water partition coefficient (Wildman–Crippen LogP) is 7.07. The third kappa shape index (κ3) is 9.54. The maximum absolute atomic E-state index is 13.8. The van der Waals surface area contributed by atoms with E-state index in [2.05, 4.69) is 36.0 Å². The lowest BCUT2D eigenvalue weighted by Gasteiger charge is -2.38. The zero-order valence-corrected chi connectivity index (χ0v) is 39.7. The minimum Gasteiger partial charge on any atom is -0.388 e. The van der Waals surface area contributed by atoms with E-state index in [1.54, 1.807) is 35.0 Å². The van der Waals surface area contributed by atoms with Gasteiger partial charge in [0.25, 0.3) is 11.5 Å². The molecule has 3 N–H and O–H groups in total. The second-order valence-corrected chi connectivity index (χ2v) is 19.0. The lowest BCUT2D eigenvalue weighted by molar-refractivity contribution is -0.136. The van der Waals surface area contributed by atoms with Gasteiger partial charge in [0.15, 0.2) is 11.2 Å². The van der Waals surface area contributed by atoms with E-state index < -0.39 is 11.5 Å². The average Bonchev–Trinajstić information content (AvgIpc) is 4.22. The maximum atomic E-state index is 13.8. The number of hydrazone groups is 2. The Bertz CT molecular complexity index is 3330. The number of nitrogens with zero attached hydrogens (tertiary/aromatic N) is 10. The van der Waals surface area contributed by atoms with Gasteiger partial charge in [-0.15, -0.1) is 22.7 Å². The molecule has 10 rings (SSSR count). The first-order valence-electron chi connectivity index (χ1n) is 22.6. The van der Waals surface area contributed by atoms with Crippen LogP contribution in [0.4, 0.5) is 10.3 Å². The number of amides is 3. The highest BCUT2D eigenvalue weighted by Gasteiger charge is 2.37. The number of fused-ring (bicyclic) bond motifs is 1. The lowest BCUT2D eigenvalue weighted by Crippen LogP contribution is -2.49. The summed E-state index contributed by atoms with van der Waals surface area (Å²) in [6.45, 7) is 3.17. The molecule has 6 heterocycles. The van der Waals surface area contributed by atoms with E-state index >= 15 is 0 Å². The fourth-order valence-electron chi connectivity index (χ4n) is 8.62. The molecule has 2 aliphatic heterocycles. The van der Waals surface area contributed by atoms with Crippen molar-refractivity contribution in [2.45, 2.75) is 50.8 Å². The smallest absolute Gasteiger partial charge is 0.303 e. The molecule has 0 saturated carbocycles. The number of hydrogen-bond donors (Lipinski definition) is 3. The molecule has 0 radical (unpaired) electrons. The van der Waals surface area contributed by atoms with E-state index in [0.29, 0.717) is 70.8 Å². The minimum atomic E-state index is -1.18. The number of nitrogens with one attached hydrogen (secondary N) is 2. The van der Waals surface area contributed by atoms with Crippen LogP contribution in [0, 0.1) is 0 Å². The number of likely N-dealkylation sites (tertiary alicyclic amines) is 1. The van der Waals surface area contributed by atoms with Gasteiger partial charge in [0.05, 0.1) is 29.9 Å². The monoisotopic (exact) mass is 970 g/mol. The topological polar surface area (TPSA) is 205 Å². The predicted molar refractivity (Wildman–Crippen MR) is 271 cm³/mol. The molecular formula is C51H46N12O5S2. The van der Waals surface area contributed by atoms with Gasteiger partial charge in [0, 0.05) is 72.3 Å². The highest BCUT2D eigenvalue weighted by atomic mass is 32.1. The second-order valence-electron chi connectivity index (χ2n) is 17.3. The molecule has 8 aromatic rings. The Balaban J connectivity index is 0.747. The third-order valence-corrected chi connectivity index (χ3v) is 14.0. The summed E-state index contributed by atoms with van der Waals surface area (Å²) in [5.74, 6) is -0.544. The number of carbonyl (C=O) groups excluding carboxylic acids is 3. The molecular weight excluding hydrogens is 925 g/mol. The summed E-state index contributed by atoms with van der Waals surface area (Å²) in [6, 6.07) is 34.0. The number of rotatable bonds is 14.